The molecule has 0 radical (unpaired) electrons. The lowest BCUT2D eigenvalue weighted by molar-refractivity contribution is -0.143. The van der Waals surface area contributed by atoms with Crippen molar-refractivity contribution in [1.29, 1.82) is 0 Å². The first-order valence-corrected chi connectivity index (χ1v) is 8.56. The quantitative estimate of drug-likeness (QED) is 0.753. The Morgan fingerprint density at radius 1 is 1.17 bits per heavy atom. The van der Waals surface area contributed by atoms with Crippen molar-refractivity contribution in [2.24, 2.45) is 0 Å². The monoisotopic (exact) mass is 317 g/mol. The second-order valence-electron chi connectivity index (χ2n) is 6.29. The minimum Gasteiger partial charge on any atom is -0.466 e. The molecule has 0 unspecified atom stereocenters. The molecule has 0 aromatic heterocycles. The van der Waals surface area contributed by atoms with Gasteiger partial charge in [-0.3, -0.25) is 9.59 Å². The van der Waals surface area contributed by atoms with E-state index in [1.165, 1.54) is 5.56 Å². The maximum atomic E-state index is 12.9. The van der Waals surface area contributed by atoms with E-state index in [0.29, 0.717) is 18.7 Å². The molecule has 2 rings (SSSR count). The normalized spacial score (nSPS) is 14.7. The molecule has 1 aromatic rings. The van der Waals surface area contributed by atoms with E-state index in [9.17, 15) is 9.59 Å². The molecule has 1 saturated carbocycles. The molecule has 0 heterocycles. The van der Waals surface area contributed by atoms with Gasteiger partial charge in [0.1, 0.15) is 0 Å². The van der Waals surface area contributed by atoms with Crippen LogP contribution in [0, 0.1) is 13.8 Å². The second-order valence-corrected chi connectivity index (χ2v) is 6.29. The molecule has 126 valence electrons. The number of benzene rings is 1. The number of carbonyl (C=O) groups excluding carboxylic acids is 2. The molecule has 1 aliphatic rings. The lowest BCUT2D eigenvalue weighted by Gasteiger charge is -2.29. The molecule has 0 spiro atoms. The molecule has 4 nitrogen and oxygen atoms in total. The Bertz CT molecular complexity index is 562. The summed E-state index contributed by atoms with van der Waals surface area (Å²) in [6, 6.07) is 6.07. The Balaban J connectivity index is 2.13. The number of carbonyl (C=O) groups is 2. The molecule has 1 fully saturated rings. The Morgan fingerprint density at radius 3 is 2.48 bits per heavy atom. The maximum absolute atomic E-state index is 12.9. The topological polar surface area (TPSA) is 46.6 Å². The van der Waals surface area contributed by atoms with Crippen LogP contribution in [-0.4, -0.2) is 36.0 Å². The highest BCUT2D eigenvalue weighted by Gasteiger charge is 2.28. The Labute approximate surface area is 138 Å². The summed E-state index contributed by atoms with van der Waals surface area (Å²) in [6.07, 6.45) is 4.63. The summed E-state index contributed by atoms with van der Waals surface area (Å²) in [5, 5.41) is 0. The Hall–Kier alpha value is -1.84. The van der Waals surface area contributed by atoms with E-state index < -0.39 is 0 Å². The summed E-state index contributed by atoms with van der Waals surface area (Å²) < 4.78 is 5.00. The third-order valence-electron chi connectivity index (χ3n) is 4.64. The summed E-state index contributed by atoms with van der Waals surface area (Å²) in [6.45, 7) is 6.68. The Morgan fingerprint density at radius 2 is 1.87 bits per heavy atom. The van der Waals surface area contributed by atoms with Gasteiger partial charge in [0.15, 0.2) is 0 Å². The van der Waals surface area contributed by atoms with Crippen molar-refractivity contribution in [2.45, 2.75) is 58.9 Å². The van der Waals surface area contributed by atoms with Crippen molar-refractivity contribution >= 4 is 11.9 Å². The van der Waals surface area contributed by atoms with Gasteiger partial charge >= 0.3 is 5.97 Å². The molecule has 0 atom stereocenters. The van der Waals surface area contributed by atoms with E-state index in [2.05, 4.69) is 0 Å². The highest BCUT2D eigenvalue weighted by molar-refractivity contribution is 5.95. The third kappa shape index (κ3) is 4.57. The largest absolute Gasteiger partial charge is 0.466 e. The number of aryl methyl sites for hydroxylation is 2. The van der Waals surface area contributed by atoms with Gasteiger partial charge in [-0.2, -0.15) is 0 Å². The van der Waals surface area contributed by atoms with Gasteiger partial charge in [0.2, 0.25) is 0 Å². The van der Waals surface area contributed by atoms with Gasteiger partial charge in [0.05, 0.1) is 13.0 Å². The fraction of sp³-hybridized carbons (Fsp3) is 0.579. The van der Waals surface area contributed by atoms with E-state index in [0.717, 1.165) is 31.2 Å². The van der Waals surface area contributed by atoms with E-state index >= 15 is 0 Å². The van der Waals surface area contributed by atoms with Gasteiger partial charge in [0, 0.05) is 18.2 Å². The predicted octanol–water partition coefficient (Wildman–Crippen LogP) is 3.64. The SMILES string of the molecule is CCOC(=O)CCN(C(=O)c1ccc(C)c(C)c1)C1CCCC1. The number of hydrogen-bond donors (Lipinski definition) is 0. The van der Waals surface area contributed by atoms with Crippen molar-refractivity contribution in [1.82, 2.24) is 4.90 Å². The maximum Gasteiger partial charge on any atom is 0.307 e. The first-order chi connectivity index (χ1) is 11.0. The minimum absolute atomic E-state index is 0.0318. The van der Waals surface area contributed by atoms with E-state index in [-0.39, 0.29) is 24.3 Å². The van der Waals surface area contributed by atoms with Crippen LogP contribution < -0.4 is 0 Å². The highest BCUT2D eigenvalue weighted by atomic mass is 16.5. The zero-order chi connectivity index (χ0) is 16.8. The fourth-order valence-corrected chi connectivity index (χ4v) is 3.15. The van der Waals surface area contributed by atoms with Crippen LogP contribution in [-0.2, 0) is 9.53 Å². The minimum atomic E-state index is -0.233. The summed E-state index contributed by atoms with van der Waals surface area (Å²) >= 11 is 0. The van der Waals surface area contributed by atoms with Gasteiger partial charge in [-0.05, 0) is 56.9 Å². The molecule has 1 aromatic carbocycles. The van der Waals surface area contributed by atoms with Crippen molar-refractivity contribution in [3.8, 4) is 0 Å². The van der Waals surface area contributed by atoms with E-state index in [1.807, 2.05) is 36.9 Å². The molecule has 1 amide bonds. The van der Waals surface area contributed by atoms with E-state index in [1.54, 1.807) is 6.92 Å². The Kier molecular flexibility index (Phi) is 6.20. The third-order valence-corrected chi connectivity index (χ3v) is 4.64. The van der Waals surface area contributed by atoms with Crippen LogP contribution in [0.4, 0.5) is 0 Å². The molecular weight excluding hydrogens is 290 g/mol. The average Bonchev–Trinajstić information content (AvgIpc) is 3.04. The van der Waals surface area contributed by atoms with Crippen molar-refractivity contribution < 1.29 is 14.3 Å². The first kappa shape index (κ1) is 17.5. The van der Waals surface area contributed by atoms with E-state index in [4.69, 9.17) is 4.74 Å². The van der Waals surface area contributed by atoms with Crippen molar-refractivity contribution in [2.75, 3.05) is 13.2 Å². The summed E-state index contributed by atoms with van der Waals surface area (Å²) in [7, 11) is 0. The van der Waals surface area contributed by atoms with Crippen LogP contribution in [0.2, 0.25) is 0 Å². The summed E-state index contributed by atoms with van der Waals surface area (Å²) in [5.74, 6) is -0.201. The van der Waals surface area contributed by atoms with Gasteiger partial charge < -0.3 is 9.64 Å². The van der Waals surface area contributed by atoms with Gasteiger partial charge in [-0.1, -0.05) is 18.9 Å². The number of amides is 1. The highest BCUT2D eigenvalue weighted by Crippen LogP contribution is 2.25. The van der Waals surface area contributed by atoms with Crippen molar-refractivity contribution in [3.63, 3.8) is 0 Å². The molecule has 0 aliphatic heterocycles. The van der Waals surface area contributed by atoms with Crippen LogP contribution in [0.1, 0.15) is 60.5 Å². The standard InChI is InChI=1S/C19H27NO3/c1-4-23-18(21)11-12-20(17-7-5-6-8-17)19(22)16-10-9-14(2)15(3)13-16/h9-10,13,17H,4-8,11-12H2,1-3H3. The zero-order valence-electron chi connectivity index (χ0n) is 14.4. The first-order valence-electron chi connectivity index (χ1n) is 8.56. The average molecular weight is 317 g/mol. The van der Waals surface area contributed by atoms with Crippen LogP contribution in [0.15, 0.2) is 18.2 Å². The molecule has 0 bridgehead atoms. The van der Waals surface area contributed by atoms with Crippen LogP contribution >= 0.6 is 0 Å². The van der Waals surface area contributed by atoms with Crippen LogP contribution in [0.5, 0.6) is 0 Å². The smallest absolute Gasteiger partial charge is 0.307 e. The summed E-state index contributed by atoms with van der Waals surface area (Å²) in [5.41, 5.74) is 3.01. The van der Waals surface area contributed by atoms with Crippen LogP contribution in [0.3, 0.4) is 0 Å². The molecule has 23 heavy (non-hydrogen) atoms. The number of hydrogen-bond acceptors (Lipinski definition) is 3. The molecular formula is C19H27NO3. The predicted molar refractivity (Wildman–Crippen MR) is 90.5 cm³/mol. The lowest BCUT2D eigenvalue weighted by Crippen LogP contribution is -2.40. The molecule has 4 heteroatoms. The molecule has 0 N–H and O–H groups in total. The number of rotatable bonds is 6. The zero-order valence-corrected chi connectivity index (χ0v) is 14.4. The number of esters is 1. The molecule has 0 saturated heterocycles. The molecule has 1 aliphatic carbocycles. The number of ether oxygens (including phenoxy) is 1. The van der Waals surface area contributed by atoms with Crippen molar-refractivity contribution in [3.05, 3.63) is 34.9 Å². The number of nitrogens with zero attached hydrogens (tertiary/aromatic N) is 1. The van der Waals surface area contributed by atoms with Crippen LogP contribution in [0.25, 0.3) is 0 Å². The van der Waals surface area contributed by atoms with Gasteiger partial charge in [0.25, 0.3) is 5.91 Å². The fourth-order valence-electron chi connectivity index (χ4n) is 3.15. The summed E-state index contributed by atoms with van der Waals surface area (Å²) in [4.78, 5) is 26.5. The lowest BCUT2D eigenvalue weighted by atomic mass is 10.0. The second kappa shape index (κ2) is 8.14. The van der Waals surface area contributed by atoms with Gasteiger partial charge in [-0.25, -0.2) is 0 Å². The van der Waals surface area contributed by atoms with Gasteiger partial charge in [-0.15, -0.1) is 0 Å².